The lowest BCUT2D eigenvalue weighted by atomic mass is 9.90. The molecule has 1 aromatic rings. The topological polar surface area (TPSA) is 47.0 Å². The molecule has 0 aromatic heterocycles. The fraction of sp³-hybridized carbons (Fsp3) is 0.650. The number of piperazine rings is 1. The van der Waals surface area contributed by atoms with Crippen LogP contribution in [0.5, 0.6) is 0 Å². The van der Waals surface area contributed by atoms with Crippen LogP contribution in [0, 0.1) is 0 Å². The Morgan fingerprint density at radius 2 is 1.80 bits per heavy atom. The van der Waals surface area contributed by atoms with Crippen LogP contribution < -0.4 is 0 Å². The molecule has 5 nitrogen and oxygen atoms in total. The van der Waals surface area contributed by atoms with E-state index >= 15 is 0 Å². The maximum Gasteiger partial charge on any atom is 0.255 e. The van der Waals surface area contributed by atoms with Crippen LogP contribution in [0.2, 0.25) is 0 Å². The first-order valence-electron chi connectivity index (χ1n) is 9.53. The molecule has 1 aromatic carbocycles. The van der Waals surface area contributed by atoms with Crippen LogP contribution in [0.1, 0.15) is 24.8 Å². The Morgan fingerprint density at radius 1 is 1.08 bits per heavy atom. The lowest BCUT2D eigenvalue weighted by Crippen LogP contribution is -2.60. The average Bonchev–Trinajstić information content (AvgIpc) is 2.62. The molecule has 1 atom stereocenters. The summed E-state index contributed by atoms with van der Waals surface area (Å²) < 4.78 is 0. The van der Waals surface area contributed by atoms with Crippen molar-refractivity contribution in [1.82, 2.24) is 14.7 Å². The molecule has 0 radical (unpaired) electrons. The van der Waals surface area contributed by atoms with Gasteiger partial charge in [-0.25, -0.2) is 0 Å². The number of carbonyl (C=O) groups excluding carboxylic acids is 1. The summed E-state index contributed by atoms with van der Waals surface area (Å²) in [5.74, 6) is -0.0641. The third-order valence-electron chi connectivity index (χ3n) is 5.52. The van der Waals surface area contributed by atoms with Crippen LogP contribution in [0.4, 0.5) is 0 Å². The largest absolute Gasteiger partial charge is 0.379 e. The van der Waals surface area contributed by atoms with Crippen molar-refractivity contribution >= 4 is 5.91 Å². The SMILES string of the molecule is CN1CCN(C[C@@]2(O)CCCN(CCCc3ccccc3)C2=O)CC1. The van der Waals surface area contributed by atoms with Gasteiger partial charge in [0.25, 0.3) is 5.91 Å². The van der Waals surface area contributed by atoms with E-state index in [1.54, 1.807) is 0 Å². The Kier molecular flexibility index (Phi) is 6.10. The zero-order valence-corrected chi connectivity index (χ0v) is 15.4. The highest BCUT2D eigenvalue weighted by Gasteiger charge is 2.43. The third kappa shape index (κ3) is 4.81. The van der Waals surface area contributed by atoms with Crippen molar-refractivity contribution in [2.24, 2.45) is 0 Å². The number of piperidine rings is 1. The maximum absolute atomic E-state index is 12.9. The summed E-state index contributed by atoms with van der Waals surface area (Å²) in [5, 5.41) is 11.0. The first-order chi connectivity index (χ1) is 12.1. The number of aryl methyl sites for hydroxylation is 1. The lowest BCUT2D eigenvalue weighted by molar-refractivity contribution is -0.160. The van der Waals surface area contributed by atoms with E-state index in [2.05, 4.69) is 41.1 Å². The monoisotopic (exact) mass is 345 g/mol. The fourth-order valence-electron chi connectivity index (χ4n) is 3.92. The van der Waals surface area contributed by atoms with Gasteiger partial charge in [0, 0.05) is 45.8 Å². The normalized spacial score (nSPS) is 26.2. The molecule has 5 heteroatoms. The summed E-state index contributed by atoms with van der Waals surface area (Å²) in [6.45, 7) is 5.86. The van der Waals surface area contributed by atoms with E-state index in [9.17, 15) is 9.90 Å². The van der Waals surface area contributed by atoms with Gasteiger partial charge in [0.1, 0.15) is 0 Å². The predicted molar refractivity (Wildman–Crippen MR) is 99.5 cm³/mol. The van der Waals surface area contributed by atoms with Crippen LogP contribution in [0.3, 0.4) is 0 Å². The van der Waals surface area contributed by atoms with Crippen molar-refractivity contribution in [3.8, 4) is 0 Å². The number of likely N-dealkylation sites (N-methyl/N-ethyl adjacent to an activating group) is 1. The molecular weight excluding hydrogens is 314 g/mol. The van der Waals surface area contributed by atoms with Gasteiger partial charge in [0.15, 0.2) is 5.60 Å². The minimum Gasteiger partial charge on any atom is -0.379 e. The van der Waals surface area contributed by atoms with Gasteiger partial charge in [-0.1, -0.05) is 30.3 Å². The zero-order valence-electron chi connectivity index (χ0n) is 15.4. The van der Waals surface area contributed by atoms with Crippen molar-refractivity contribution < 1.29 is 9.90 Å². The number of likely N-dealkylation sites (tertiary alicyclic amines) is 1. The third-order valence-corrected chi connectivity index (χ3v) is 5.52. The van der Waals surface area contributed by atoms with Crippen LogP contribution in [0.15, 0.2) is 30.3 Å². The number of aliphatic hydroxyl groups is 1. The molecule has 2 aliphatic heterocycles. The average molecular weight is 345 g/mol. The minimum atomic E-state index is -1.19. The Labute approximate surface area is 151 Å². The highest BCUT2D eigenvalue weighted by molar-refractivity contribution is 5.86. The van der Waals surface area contributed by atoms with Crippen molar-refractivity contribution in [1.29, 1.82) is 0 Å². The van der Waals surface area contributed by atoms with E-state index in [0.29, 0.717) is 13.0 Å². The van der Waals surface area contributed by atoms with E-state index in [1.165, 1.54) is 5.56 Å². The summed E-state index contributed by atoms with van der Waals surface area (Å²) in [6, 6.07) is 10.4. The van der Waals surface area contributed by atoms with Crippen LogP contribution >= 0.6 is 0 Å². The van der Waals surface area contributed by atoms with Gasteiger partial charge in [-0.3, -0.25) is 9.69 Å². The van der Waals surface area contributed by atoms with E-state index < -0.39 is 5.60 Å². The standard InChI is InChI=1S/C20H31N3O2/c1-21-13-15-22(16-14-21)17-20(25)10-6-12-23(19(20)24)11-5-9-18-7-3-2-4-8-18/h2-4,7-8,25H,5-6,9-17H2,1H3/t20-/m0/s1. The minimum absolute atomic E-state index is 0.0641. The lowest BCUT2D eigenvalue weighted by Gasteiger charge is -2.42. The van der Waals surface area contributed by atoms with Crippen LogP contribution in [0.25, 0.3) is 0 Å². The second-order valence-electron chi connectivity index (χ2n) is 7.60. The number of rotatable bonds is 6. The summed E-state index contributed by atoms with van der Waals surface area (Å²) in [7, 11) is 2.12. The molecule has 25 heavy (non-hydrogen) atoms. The molecule has 1 amide bonds. The Balaban J connectivity index is 1.51. The second kappa shape index (κ2) is 8.30. The van der Waals surface area contributed by atoms with Crippen LogP contribution in [-0.2, 0) is 11.2 Å². The second-order valence-corrected chi connectivity index (χ2v) is 7.60. The van der Waals surface area contributed by atoms with E-state index in [-0.39, 0.29) is 5.91 Å². The number of amides is 1. The highest BCUT2D eigenvalue weighted by Crippen LogP contribution is 2.25. The fourth-order valence-corrected chi connectivity index (χ4v) is 3.92. The highest BCUT2D eigenvalue weighted by atomic mass is 16.3. The molecule has 2 saturated heterocycles. The quantitative estimate of drug-likeness (QED) is 0.842. The van der Waals surface area contributed by atoms with Gasteiger partial charge < -0.3 is 14.9 Å². The predicted octanol–water partition coefficient (Wildman–Crippen LogP) is 1.22. The van der Waals surface area contributed by atoms with E-state index in [0.717, 1.165) is 58.5 Å². The summed E-state index contributed by atoms with van der Waals surface area (Å²) in [6.07, 6.45) is 3.40. The van der Waals surface area contributed by atoms with Crippen LogP contribution in [-0.4, -0.2) is 84.2 Å². The molecule has 3 rings (SSSR count). The number of hydrogen-bond acceptors (Lipinski definition) is 4. The van der Waals surface area contributed by atoms with Gasteiger partial charge >= 0.3 is 0 Å². The first kappa shape index (κ1) is 18.4. The number of benzene rings is 1. The number of hydrogen-bond donors (Lipinski definition) is 1. The number of nitrogens with zero attached hydrogens (tertiary/aromatic N) is 3. The summed E-state index contributed by atoms with van der Waals surface area (Å²) >= 11 is 0. The molecule has 0 bridgehead atoms. The van der Waals surface area contributed by atoms with Gasteiger partial charge in [-0.2, -0.15) is 0 Å². The molecule has 0 unspecified atom stereocenters. The molecule has 1 N–H and O–H groups in total. The Bertz CT molecular complexity index is 557. The maximum atomic E-state index is 12.9. The molecule has 138 valence electrons. The van der Waals surface area contributed by atoms with Gasteiger partial charge in [-0.15, -0.1) is 0 Å². The first-order valence-corrected chi connectivity index (χ1v) is 9.53. The smallest absolute Gasteiger partial charge is 0.255 e. The van der Waals surface area contributed by atoms with Crippen molar-refractivity contribution in [2.45, 2.75) is 31.3 Å². The van der Waals surface area contributed by atoms with Crippen molar-refractivity contribution in [2.75, 3.05) is 52.9 Å². The van der Waals surface area contributed by atoms with E-state index in [1.807, 2.05) is 11.0 Å². The Hall–Kier alpha value is -1.43. The van der Waals surface area contributed by atoms with E-state index in [4.69, 9.17) is 0 Å². The molecule has 0 spiro atoms. The summed E-state index contributed by atoms with van der Waals surface area (Å²) in [4.78, 5) is 19.3. The molecule has 2 heterocycles. The van der Waals surface area contributed by atoms with Crippen molar-refractivity contribution in [3.63, 3.8) is 0 Å². The zero-order chi connectivity index (χ0) is 17.7. The van der Waals surface area contributed by atoms with Crippen molar-refractivity contribution in [3.05, 3.63) is 35.9 Å². The number of carbonyl (C=O) groups is 1. The van der Waals surface area contributed by atoms with Gasteiger partial charge in [0.2, 0.25) is 0 Å². The Morgan fingerprint density at radius 3 is 2.52 bits per heavy atom. The number of β-amino-alcohol motifs (C(OH)–C–C–N with tert-alkyl or cyclic N) is 1. The molecule has 0 saturated carbocycles. The van der Waals surface area contributed by atoms with Gasteiger partial charge in [0.05, 0.1) is 0 Å². The molecule has 2 fully saturated rings. The molecule has 2 aliphatic rings. The molecular formula is C20H31N3O2. The summed E-state index contributed by atoms with van der Waals surface area (Å²) in [5.41, 5.74) is 0.112. The van der Waals surface area contributed by atoms with Gasteiger partial charge in [-0.05, 0) is 38.3 Å². The molecule has 0 aliphatic carbocycles.